The van der Waals surface area contributed by atoms with Gasteiger partial charge in [-0.2, -0.15) is 10.2 Å². The Morgan fingerprint density at radius 3 is 1.58 bits per heavy atom. The van der Waals surface area contributed by atoms with Crippen molar-refractivity contribution < 1.29 is 33.0 Å². The number of carboxylic acid groups (broad SMARTS) is 2. The maximum absolute atomic E-state index is 16.2. The summed E-state index contributed by atoms with van der Waals surface area (Å²) in [4.78, 5) is 22.7. The molecule has 4 fully saturated rings. The second-order valence-corrected chi connectivity index (χ2v) is 22.1. The summed E-state index contributed by atoms with van der Waals surface area (Å²) in [6.07, 6.45) is 6.83. The highest BCUT2D eigenvalue weighted by Crippen LogP contribution is 2.67. The fourth-order valence-electron chi connectivity index (χ4n) is 13.4. The highest BCUT2D eigenvalue weighted by atomic mass is 19.1. The predicted octanol–water partition coefficient (Wildman–Crippen LogP) is 13.6. The molecule has 12 rings (SSSR count). The topological polar surface area (TPSA) is 142 Å². The lowest BCUT2D eigenvalue weighted by molar-refractivity contribution is -0.156. The largest absolute Gasteiger partial charge is 0.481 e. The molecule has 10 nitrogen and oxygen atoms in total. The van der Waals surface area contributed by atoms with Crippen LogP contribution in [0.2, 0.25) is 0 Å². The lowest BCUT2D eigenvalue weighted by Crippen LogP contribution is -2.49. The zero-order valence-electron chi connectivity index (χ0n) is 40.5. The van der Waals surface area contributed by atoms with Gasteiger partial charge in [-0.15, -0.1) is 0 Å². The molecule has 4 saturated carbocycles. The Hall–Kier alpha value is -6.37. The lowest BCUT2D eigenvalue weighted by Gasteiger charge is -2.57. The fourth-order valence-corrected chi connectivity index (χ4v) is 13.4. The molecular formula is C56H59F3N6O4. The fraction of sp³-hybridized carbons (Fsp3) is 0.429. The maximum atomic E-state index is 16.2. The van der Waals surface area contributed by atoms with Crippen molar-refractivity contribution in [3.05, 3.63) is 117 Å². The number of hydrogen-bond acceptors (Lipinski definition) is 4. The van der Waals surface area contributed by atoms with Crippen LogP contribution in [0.1, 0.15) is 148 Å². The molecule has 4 aromatic heterocycles. The van der Waals surface area contributed by atoms with Gasteiger partial charge in [0.05, 0.1) is 28.4 Å². The molecule has 0 amide bonds. The number of nitrogens with zero attached hydrogens (tertiary/aromatic N) is 4. The minimum atomic E-state index is -0.715. The van der Waals surface area contributed by atoms with E-state index in [9.17, 15) is 28.6 Å². The van der Waals surface area contributed by atoms with Gasteiger partial charge in [-0.1, -0.05) is 27.7 Å². The van der Waals surface area contributed by atoms with E-state index in [2.05, 4.69) is 69.4 Å². The molecule has 4 aliphatic carbocycles. The van der Waals surface area contributed by atoms with Crippen molar-refractivity contribution in [1.29, 1.82) is 0 Å². The average Bonchev–Trinajstić information content (AvgIpc) is 3.98. The van der Waals surface area contributed by atoms with Crippen molar-refractivity contribution in [3.63, 3.8) is 0 Å². The van der Waals surface area contributed by atoms with E-state index in [1.165, 1.54) is 22.7 Å². The van der Waals surface area contributed by atoms with Crippen LogP contribution >= 0.6 is 0 Å². The summed E-state index contributed by atoms with van der Waals surface area (Å²) in [7, 11) is 0. The number of aromatic amines is 2. The van der Waals surface area contributed by atoms with Crippen LogP contribution in [0.15, 0.2) is 54.6 Å². The number of carboxylic acids is 2. The van der Waals surface area contributed by atoms with Crippen LogP contribution in [-0.2, 0) is 9.59 Å². The van der Waals surface area contributed by atoms with Crippen molar-refractivity contribution in [3.8, 4) is 11.4 Å². The van der Waals surface area contributed by atoms with Crippen LogP contribution in [0.5, 0.6) is 0 Å². The molecule has 13 heteroatoms. The van der Waals surface area contributed by atoms with Gasteiger partial charge in [-0.3, -0.25) is 19.8 Å². The molecule has 8 aromatic rings. The Morgan fingerprint density at radius 1 is 0.609 bits per heavy atom. The van der Waals surface area contributed by atoms with Crippen LogP contribution in [0.3, 0.4) is 0 Å². The highest BCUT2D eigenvalue weighted by molar-refractivity contribution is 6.02. The van der Waals surface area contributed by atoms with Gasteiger partial charge in [0.1, 0.15) is 17.2 Å². The molecule has 0 atom stereocenters. The number of hydrogen-bond donors (Lipinski definition) is 4. The standard InChI is InChI=1S/C28H29F2N3O2.C28H30FN3O2/c1-13(2)26-22(16-9-28(10-16)11-17(12-28)27(34)35)23-21(8-19-15(4)31-32-25(19)24(23)30)33(26)18-5-6-20(29)14(3)7-18;1-14(2)26-25(17-10-28(11-17)12-18(13-28)27(33)34)21-8-23-20(16(4)30-31-23)9-24(21)32(26)19-5-6-22(29)15(3)7-19/h5-8,13,16-17H,9-12H2,1-4H3,(H,31,32)(H,34,35);5-9,14,17-18H,10-13H2,1-4H3,(H,30,31)(H,33,34). The predicted molar refractivity (Wildman–Crippen MR) is 262 cm³/mol. The van der Waals surface area contributed by atoms with Gasteiger partial charge in [0.2, 0.25) is 0 Å². The normalized spacial score (nSPS) is 24.0. The van der Waals surface area contributed by atoms with Crippen LogP contribution in [-0.4, -0.2) is 51.7 Å². The number of halogens is 3. The molecule has 358 valence electrons. The minimum Gasteiger partial charge on any atom is -0.481 e. The maximum Gasteiger partial charge on any atom is 0.306 e. The van der Waals surface area contributed by atoms with Crippen LogP contribution in [0.25, 0.3) is 55.0 Å². The first-order valence-corrected chi connectivity index (χ1v) is 24.5. The van der Waals surface area contributed by atoms with E-state index >= 15 is 4.39 Å². The number of rotatable bonds is 8. The molecule has 0 unspecified atom stereocenters. The van der Waals surface area contributed by atoms with Gasteiger partial charge in [0.25, 0.3) is 0 Å². The van der Waals surface area contributed by atoms with Crippen molar-refractivity contribution in [2.45, 2.75) is 130 Å². The van der Waals surface area contributed by atoms with Gasteiger partial charge >= 0.3 is 11.9 Å². The number of aliphatic carboxylic acids is 2. The van der Waals surface area contributed by atoms with Crippen molar-refractivity contribution in [2.75, 3.05) is 0 Å². The Bertz CT molecular complexity index is 3440. The van der Waals surface area contributed by atoms with Crippen molar-refractivity contribution >= 4 is 55.6 Å². The molecule has 0 radical (unpaired) electrons. The van der Waals surface area contributed by atoms with Gasteiger partial charge in [0.15, 0.2) is 5.82 Å². The van der Waals surface area contributed by atoms with E-state index in [4.69, 9.17) is 0 Å². The zero-order chi connectivity index (χ0) is 48.7. The monoisotopic (exact) mass is 936 g/mol. The van der Waals surface area contributed by atoms with Gasteiger partial charge < -0.3 is 19.3 Å². The molecule has 0 bridgehead atoms. The van der Waals surface area contributed by atoms with E-state index in [-0.39, 0.29) is 57.9 Å². The second-order valence-electron chi connectivity index (χ2n) is 22.1. The summed E-state index contributed by atoms with van der Waals surface area (Å²) in [5.74, 6) is -1.68. The van der Waals surface area contributed by atoms with E-state index in [0.29, 0.717) is 40.8 Å². The van der Waals surface area contributed by atoms with E-state index < -0.39 is 11.9 Å². The molecule has 4 aliphatic rings. The van der Waals surface area contributed by atoms with Gasteiger partial charge in [-0.05, 0) is 190 Å². The first kappa shape index (κ1) is 45.1. The number of carbonyl (C=O) groups is 2. The zero-order valence-corrected chi connectivity index (χ0v) is 40.5. The summed E-state index contributed by atoms with van der Waals surface area (Å²) in [5, 5.41) is 37.2. The first-order chi connectivity index (χ1) is 32.8. The molecule has 2 spiro atoms. The summed E-state index contributed by atoms with van der Waals surface area (Å²) in [6, 6.07) is 16.8. The number of nitrogens with one attached hydrogen (secondary N) is 2. The summed E-state index contributed by atoms with van der Waals surface area (Å²) in [5.41, 5.74) is 12.9. The Kier molecular flexibility index (Phi) is 10.3. The minimum absolute atomic E-state index is 0.0619. The van der Waals surface area contributed by atoms with Crippen molar-refractivity contribution in [2.24, 2.45) is 22.7 Å². The Balaban J connectivity index is 0.000000151. The second kappa shape index (κ2) is 15.8. The quantitative estimate of drug-likeness (QED) is 0.120. The number of aryl methyl sites for hydroxylation is 4. The molecule has 4 N–H and O–H groups in total. The van der Waals surface area contributed by atoms with Crippen molar-refractivity contribution in [1.82, 2.24) is 29.5 Å². The molecule has 0 aliphatic heterocycles. The number of fused-ring (bicyclic) bond motifs is 4. The molecule has 4 aromatic carbocycles. The Morgan fingerprint density at radius 2 is 1.07 bits per heavy atom. The van der Waals surface area contributed by atoms with Crippen LogP contribution < -0.4 is 0 Å². The number of H-pyrrole nitrogens is 2. The summed E-state index contributed by atoms with van der Waals surface area (Å²) in [6.45, 7) is 16.1. The molecule has 0 saturated heterocycles. The highest BCUT2D eigenvalue weighted by Gasteiger charge is 2.57. The third kappa shape index (κ3) is 6.95. The smallest absolute Gasteiger partial charge is 0.306 e. The summed E-state index contributed by atoms with van der Waals surface area (Å²) < 4.78 is 48.9. The molecule has 4 heterocycles. The molecule has 69 heavy (non-hydrogen) atoms. The third-order valence-corrected chi connectivity index (χ3v) is 16.7. The van der Waals surface area contributed by atoms with Gasteiger partial charge in [-0.25, -0.2) is 13.2 Å². The number of aromatic nitrogens is 6. The SMILES string of the molecule is Cc1cc(-n2c(C(C)C)c(C3CC4(CC(C(=O)O)C4)C3)c3c(F)c4n[nH]c(C)c4cc32)ccc1F.Cc1cc(-n2c(C(C)C)c(C3CC4(CC(C(=O)O)C4)C3)c3cc4n[nH]c(C)c4cc32)ccc1F. The van der Waals surface area contributed by atoms with E-state index in [0.717, 1.165) is 99.9 Å². The van der Waals surface area contributed by atoms with Crippen LogP contribution in [0.4, 0.5) is 13.2 Å². The number of benzene rings is 4. The first-order valence-electron chi connectivity index (χ1n) is 24.5. The third-order valence-electron chi connectivity index (χ3n) is 16.7. The van der Waals surface area contributed by atoms with E-state index in [1.54, 1.807) is 19.1 Å². The van der Waals surface area contributed by atoms with Gasteiger partial charge in [0, 0.05) is 55.7 Å². The van der Waals surface area contributed by atoms with Crippen LogP contribution in [0, 0.1) is 67.8 Å². The molecular weight excluding hydrogens is 878 g/mol. The lowest BCUT2D eigenvalue weighted by atomic mass is 9.47. The Labute approximate surface area is 398 Å². The van der Waals surface area contributed by atoms with E-state index in [1.807, 2.05) is 45.0 Å². The summed E-state index contributed by atoms with van der Waals surface area (Å²) >= 11 is 0. The average molecular weight is 937 g/mol.